The molecule has 1 aromatic rings. The second-order valence-corrected chi connectivity index (χ2v) is 7.84. The Bertz CT molecular complexity index is 885. The molecule has 1 aliphatic heterocycles. The number of morpholine rings is 1. The van der Waals surface area contributed by atoms with Gasteiger partial charge in [-0.05, 0) is 35.9 Å². The Hall–Kier alpha value is -2.61. The molecule has 1 amide bonds. The van der Waals surface area contributed by atoms with Crippen molar-refractivity contribution in [3.05, 3.63) is 71.7 Å². The number of thiocarbonyl (C=S) groups is 1. The molecular weight excluding hydrogens is 396 g/mol. The average molecular weight is 425 g/mol. The highest BCUT2D eigenvalue weighted by Gasteiger charge is 2.20. The fourth-order valence-electron chi connectivity index (χ4n) is 3.52. The number of carbonyl (C=O) groups excluding carboxylic acids is 1. The number of ether oxygens (including phenoxy) is 1. The average Bonchev–Trinajstić information content (AvgIpc) is 2.75. The summed E-state index contributed by atoms with van der Waals surface area (Å²) in [5, 5.41) is 3.06. The number of hydrogen-bond donors (Lipinski definition) is 2. The third-order valence-corrected chi connectivity index (χ3v) is 5.52. The molecule has 1 aromatic heterocycles. The molecule has 7 heteroatoms. The molecule has 0 radical (unpaired) electrons. The van der Waals surface area contributed by atoms with Crippen LogP contribution in [0.25, 0.3) is 6.08 Å². The fraction of sp³-hybridized carbons (Fsp3) is 0.348. The molecule has 6 nitrogen and oxygen atoms in total. The Labute approximate surface area is 183 Å². The first kappa shape index (κ1) is 22.1. The number of nitrogens with one attached hydrogen (secondary N) is 1. The quantitative estimate of drug-likeness (QED) is 0.397. The van der Waals surface area contributed by atoms with Crippen molar-refractivity contribution in [1.82, 2.24) is 15.2 Å². The van der Waals surface area contributed by atoms with Gasteiger partial charge in [0.05, 0.1) is 19.3 Å². The number of rotatable bonds is 7. The van der Waals surface area contributed by atoms with Crippen LogP contribution in [0.4, 0.5) is 0 Å². The van der Waals surface area contributed by atoms with Gasteiger partial charge in [0.15, 0.2) is 0 Å². The van der Waals surface area contributed by atoms with Crippen LogP contribution in [-0.4, -0.2) is 59.5 Å². The van der Waals surface area contributed by atoms with E-state index in [1.165, 1.54) is 17.8 Å². The van der Waals surface area contributed by atoms with E-state index in [1.54, 1.807) is 24.5 Å². The number of nitrogens with two attached hydrogens (primary N) is 1. The highest BCUT2D eigenvalue weighted by molar-refractivity contribution is 7.81. The van der Waals surface area contributed by atoms with Crippen molar-refractivity contribution in [2.45, 2.75) is 13.0 Å². The monoisotopic (exact) mass is 424 g/mol. The number of hydrogen-bond acceptors (Lipinski definition) is 6. The van der Waals surface area contributed by atoms with Crippen LogP contribution in [0, 0.1) is 5.92 Å². The van der Waals surface area contributed by atoms with E-state index in [9.17, 15) is 4.79 Å². The van der Waals surface area contributed by atoms with Crippen LogP contribution in [0.1, 0.15) is 18.1 Å². The Morgan fingerprint density at radius 3 is 2.93 bits per heavy atom. The van der Waals surface area contributed by atoms with Crippen LogP contribution >= 0.6 is 12.2 Å². The maximum atomic E-state index is 12.5. The first-order valence-corrected chi connectivity index (χ1v) is 10.5. The molecule has 2 aliphatic rings. The van der Waals surface area contributed by atoms with Crippen molar-refractivity contribution < 1.29 is 9.53 Å². The van der Waals surface area contributed by atoms with Crippen LogP contribution in [0.5, 0.6) is 0 Å². The third-order valence-electron chi connectivity index (χ3n) is 5.16. The summed E-state index contributed by atoms with van der Waals surface area (Å²) in [6.45, 7) is 6.56. The van der Waals surface area contributed by atoms with Gasteiger partial charge in [0, 0.05) is 54.1 Å². The number of aromatic nitrogens is 1. The molecule has 0 aromatic carbocycles. The van der Waals surface area contributed by atoms with Crippen molar-refractivity contribution in [1.29, 1.82) is 0 Å². The molecule has 0 bridgehead atoms. The molecule has 1 fully saturated rings. The van der Waals surface area contributed by atoms with Gasteiger partial charge in [-0.15, -0.1) is 0 Å². The maximum absolute atomic E-state index is 12.5. The Balaban J connectivity index is 1.57. The lowest BCUT2D eigenvalue weighted by molar-refractivity contribution is -0.117. The zero-order valence-electron chi connectivity index (χ0n) is 17.2. The predicted octanol–water partition coefficient (Wildman–Crippen LogP) is 2.23. The normalized spacial score (nSPS) is 22.4. The topological polar surface area (TPSA) is 80.5 Å². The number of allylic oxidation sites excluding steroid dienone is 1. The van der Waals surface area contributed by atoms with Crippen molar-refractivity contribution >= 4 is 29.1 Å². The molecule has 2 atom stereocenters. The largest absolute Gasteiger partial charge is 0.405 e. The van der Waals surface area contributed by atoms with Gasteiger partial charge in [-0.3, -0.25) is 14.7 Å². The number of pyridine rings is 1. The highest BCUT2D eigenvalue weighted by atomic mass is 32.1. The molecule has 1 saturated heterocycles. The van der Waals surface area contributed by atoms with Gasteiger partial charge in [-0.25, -0.2) is 0 Å². The number of amides is 1. The standard InChI is InChI=1S/C23H28N4O2S/c1-17-14-18(16-27-10-12-29-13-11-27)2-4-21(17)26-23(28)5-3-19-15-25-9-7-20(19)22(30)6-8-24/h2-9,14-15,17,21H,10-13,16,24H2,1H3,(H,26,28)/b5-3+,8-6?. The van der Waals surface area contributed by atoms with Crippen molar-refractivity contribution in [3.8, 4) is 0 Å². The summed E-state index contributed by atoms with van der Waals surface area (Å²) < 4.78 is 5.41. The molecule has 0 spiro atoms. The zero-order valence-corrected chi connectivity index (χ0v) is 18.0. The summed E-state index contributed by atoms with van der Waals surface area (Å²) >= 11 is 5.35. The summed E-state index contributed by atoms with van der Waals surface area (Å²) in [6.07, 6.45) is 16.1. The second-order valence-electron chi connectivity index (χ2n) is 7.40. The lowest BCUT2D eigenvalue weighted by atomic mass is 9.92. The minimum absolute atomic E-state index is 0.0368. The van der Waals surface area contributed by atoms with E-state index in [0.29, 0.717) is 4.86 Å². The second kappa shape index (κ2) is 11.0. The van der Waals surface area contributed by atoms with E-state index in [-0.39, 0.29) is 17.9 Å². The lowest BCUT2D eigenvalue weighted by Gasteiger charge is -2.29. The SMILES string of the molecule is CC1C=C(CN2CCOCC2)C=CC1NC(=O)/C=C/c1cnccc1C(=S)C=CN. The maximum Gasteiger partial charge on any atom is 0.244 e. The van der Waals surface area contributed by atoms with E-state index in [0.717, 1.165) is 44.0 Å². The van der Waals surface area contributed by atoms with Gasteiger partial charge in [0.2, 0.25) is 5.91 Å². The molecule has 2 heterocycles. The summed E-state index contributed by atoms with van der Waals surface area (Å²) in [5.74, 6) is 0.0660. The minimum atomic E-state index is -0.156. The summed E-state index contributed by atoms with van der Waals surface area (Å²) in [5.41, 5.74) is 8.30. The van der Waals surface area contributed by atoms with Gasteiger partial charge < -0.3 is 15.8 Å². The molecule has 0 saturated carbocycles. The van der Waals surface area contributed by atoms with E-state index in [2.05, 4.69) is 40.4 Å². The van der Waals surface area contributed by atoms with Crippen molar-refractivity contribution in [3.63, 3.8) is 0 Å². The minimum Gasteiger partial charge on any atom is -0.405 e. The molecule has 3 rings (SSSR count). The van der Waals surface area contributed by atoms with Crippen LogP contribution in [0.2, 0.25) is 0 Å². The Morgan fingerprint density at radius 2 is 2.20 bits per heavy atom. The van der Waals surface area contributed by atoms with E-state index in [1.807, 2.05) is 6.07 Å². The summed E-state index contributed by atoms with van der Waals surface area (Å²) in [4.78, 5) is 19.6. The van der Waals surface area contributed by atoms with Gasteiger partial charge in [-0.2, -0.15) is 0 Å². The molecular formula is C23H28N4O2S. The summed E-state index contributed by atoms with van der Waals surface area (Å²) in [6, 6.07) is 1.78. The van der Waals surface area contributed by atoms with Gasteiger partial charge >= 0.3 is 0 Å². The fourth-order valence-corrected chi connectivity index (χ4v) is 3.79. The van der Waals surface area contributed by atoms with Crippen molar-refractivity contribution in [2.75, 3.05) is 32.8 Å². The Kier molecular flexibility index (Phi) is 8.07. The zero-order chi connectivity index (χ0) is 21.3. The van der Waals surface area contributed by atoms with Crippen molar-refractivity contribution in [2.24, 2.45) is 11.7 Å². The van der Waals surface area contributed by atoms with Crippen LogP contribution in [0.3, 0.4) is 0 Å². The number of nitrogens with zero attached hydrogens (tertiary/aromatic N) is 2. The third kappa shape index (κ3) is 6.19. The smallest absolute Gasteiger partial charge is 0.244 e. The Morgan fingerprint density at radius 1 is 1.40 bits per heavy atom. The first-order valence-electron chi connectivity index (χ1n) is 10.1. The highest BCUT2D eigenvalue weighted by Crippen LogP contribution is 2.19. The van der Waals surface area contributed by atoms with Gasteiger partial charge in [0.25, 0.3) is 0 Å². The number of carbonyl (C=O) groups is 1. The van der Waals surface area contributed by atoms with Gasteiger partial charge in [0.1, 0.15) is 0 Å². The van der Waals surface area contributed by atoms with E-state index >= 15 is 0 Å². The molecule has 3 N–H and O–H groups in total. The van der Waals surface area contributed by atoms with E-state index < -0.39 is 0 Å². The van der Waals surface area contributed by atoms with Crippen LogP contribution in [-0.2, 0) is 9.53 Å². The predicted molar refractivity (Wildman–Crippen MR) is 124 cm³/mol. The van der Waals surface area contributed by atoms with Gasteiger partial charge in [-0.1, -0.05) is 37.4 Å². The molecule has 2 unspecified atom stereocenters. The van der Waals surface area contributed by atoms with E-state index in [4.69, 9.17) is 22.7 Å². The van der Waals surface area contributed by atoms with Crippen LogP contribution < -0.4 is 11.1 Å². The molecule has 158 valence electrons. The lowest BCUT2D eigenvalue weighted by Crippen LogP contribution is -2.40. The molecule has 30 heavy (non-hydrogen) atoms. The van der Waals surface area contributed by atoms with Crippen LogP contribution in [0.15, 0.2) is 60.6 Å². The molecule has 1 aliphatic carbocycles. The summed E-state index contributed by atoms with van der Waals surface area (Å²) in [7, 11) is 0. The first-order chi connectivity index (χ1) is 14.6.